The summed E-state index contributed by atoms with van der Waals surface area (Å²) in [6.45, 7) is 6.72. The first-order chi connectivity index (χ1) is 13.1. The third-order valence-corrected chi connectivity index (χ3v) is 6.26. The second-order valence-electron chi connectivity index (χ2n) is 7.36. The lowest BCUT2D eigenvalue weighted by Crippen LogP contribution is -2.44. The molecule has 9 heteroatoms. The van der Waals surface area contributed by atoms with Gasteiger partial charge in [0.25, 0.3) is 5.56 Å². The number of fused-ring (bicyclic) bond motifs is 1. The zero-order valence-electron chi connectivity index (χ0n) is 15.7. The maximum Gasteiger partial charge on any atom is 0.275 e. The lowest BCUT2D eigenvalue weighted by molar-refractivity contribution is -0.122. The predicted octanol–water partition coefficient (Wildman–Crippen LogP) is 1.03. The van der Waals surface area contributed by atoms with Crippen LogP contribution in [0.4, 0.5) is 5.13 Å². The number of carbonyl (C=O) groups excluding carboxylic acids is 1. The molecule has 2 aliphatic rings. The first kappa shape index (κ1) is 18.4. The Morgan fingerprint density at radius 1 is 1.30 bits per heavy atom. The van der Waals surface area contributed by atoms with Crippen molar-refractivity contribution in [1.29, 1.82) is 0 Å². The molecule has 0 radical (unpaired) electrons. The van der Waals surface area contributed by atoms with Crippen molar-refractivity contribution in [2.75, 3.05) is 37.6 Å². The molecule has 4 rings (SSSR count). The van der Waals surface area contributed by atoms with E-state index in [0.29, 0.717) is 22.3 Å². The quantitative estimate of drug-likeness (QED) is 0.742. The molecular weight excluding hydrogens is 364 g/mol. The summed E-state index contributed by atoms with van der Waals surface area (Å²) < 4.78 is 1.33. The number of nitrogens with one attached hydrogen (secondary N) is 1. The Balaban J connectivity index is 1.38. The van der Waals surface area contributed by atoms with Crippen LogP contribution in [0.3, 0.4) is 0 Å². The van der Waals surface area contributed by atoms with Gasteiger partial charge in [0.1, 0.15) is 6.04 Å². The van der Waals surface area contributed by atoms with Gasteiger partial charge in [0.05, 0.1) is 0 Å². The van der Waals surface area contributed by atoms with E-state index in [9.17, 15) is 9.59 Å². The van der Waals surface area contributed by atoms with Crippen molar-refractivity contribution in [2.24, 2.45) is 0 Å². The number of aromatic nitrogens is 3. The Morgan fingerprint density at radius 3 is 2.93 bits per heavy atom. The molecule has 1 unspecified atom stereocenters. The van der Waals surface area contributed by atoms with Gasteiger partial charge in [-0.2, -0.15) is 4.52 Å². The molecule has 1 atom stereocenters. The summed E-state index contributed by atoms with van der Waals surface area (Å²) in [5, 5.41) is 8.20. The Kier molecular flexibility index (Phi) is 5.40. The molecule has 146 valence electrons. The highest BCUT2D eigenvalue weighted by Crippen LogP contribution is 2.29. The number of amides is 1. The number of hydrogen-bond donors (Lipinski definition) is 1. The largest absolute Gasteiger partial charge is 0.354 e. The van der Waals surface area contributed by atoms with E-state index in [1.165, 1.54) is 47.8 Å². The molecule has 8 nitrogen and oxygen atoms in total. The minimum absolute atomic E-state index is 0.0599. The molecule has 2 aliphatic heterocycles. The van der Waals surface area contributed by atoms with Crippen LogP contribution in [-0.2, 0) is 4.79 Å². The van der Waals surface area contributed by atoms with E-state index in [1.807, 2.05) is 4.90 Å². The maximum atomic E-state index is 12.7. The topological polar surface area (TPSA) is 82.8 Å². The van der Waals surface area contributed by atoms with E-state index in [1.54, 1.807) is 6.92 Å². The van der Waals surface area contributed by atoms with Gasteiger partial charge >= 0.3 is 0 Å². The van der Waals surface area contributed by atoms with Gasteiger partial charge in [-0.1, -0.05) is 11.3 Å². The Labute approximate surface area is 162 Å². The molecule has 1 amide bonds. The summed E-state index contributed by atoms with van der Waals surface area (Å²) >= 11 is 1.37. The van der Waals surface area contributed by atoms with E-state index in [0.717, 1.165) is 32.4 Å². The number of hydrogen-bond acceptors (Lipinski definition) is 7. The Morgan fingerprint density at radius 2 is 2.11 bits per heavy atom. The average molecular weight is 391 g/mol. The van der Waals surface area contributed by atoms with Crippen LogP contribution in [0.25, 0.3) is 4.96 Å². The van der Waals surface area contributed by atoms with Gasteiger partial charge in [-0.25, -0.2) is 4.98 Å². The molecule has 4 heterocycles. The van der Waals surface area contributed by atoms with Crippen LogP contribution in [0.15, 0.2) is 10.9 Å². The molecule has 0 aromatic carbocycles. The Bertz CT molecular complexity index is 872. The molecule has 2 aromatic rings. The summed E-state index contributed by atoms with van der Waals surface area (Å²) in [5.41, 5.74) is 0.506. The number of carbonyl (C=O) groups is 1. The molecule has 2 aromatic heterocycles. The van der Waals surface area contributed by atoms with Crippen molar-refractivity contribution in [1.82, 2.24) is 24.8 Å². The predicted molar refractivity (Wildman–Crippen MR) is 106 cm³/mol. The molecule has 0 spiro atoms. The number of aryl methyl sites for hydroxylation is 1. The number of rotatable bonds is 6. The van der Waals surface area contributed by atoms with Crippen LogP contribution in [0.1, 0.15) is 37.8 Å². The average Bonchev–Trinajstić information content (AvgIpc) is 3.37. The van der Waals surface area contributed by atoms with Gasteiger partial charge in [0.15, 0.2) is 0 Å². The van der Waals surface area contributed by atoms with Crippen molar-refractivity contribution >= 4 is 27.3 Å². The molecule has 2 fully saturated rings. The smallest absolute Gasteiger partial charge is 0.275 e. The van der Waals surface area contributed by atoms with Crippen molar-refractivity contribution in [2.45, 2.75) is 45.1 Å². The third kappa shape index (κ3) is 3.98. The molecule has 0 bridgehead atoms. The van der Waals surface area contributed by atoms with E-state index >= 15 is 0 Å². The highest BCUT2D eigenvalue weighted by atomic mass is 32.1. The lowest BCUT2D eigenvalue weighted by Gasteiger charge is -2.23. The second-order valence-corrected chi connectivity index (χ2v) is 8.29. The van der Waals surface area contributed by atoms with E-state index in [2.05, 4.69) is 20.3 Å². The monoisotopic (exact) mass is 390 g/mol. The second kappa shape index (κ2) is 7.93. The first-order valence-electron chi connectivity index (χ1n) is 9.76. The van der Waals surface area contributed by atoms with Crippen LogP contribution < -0.4 is 15.8 Å². The van der Waals surface area contributed by atoms with Crippen LogP contribution in [0.5, 0.6) is 0 Å². The fraction of sp³-hybridized carbons (Fsp3) is 0.667. The lowest BCUT2D eigenvalue weighted by atomic mass is 10.2. The fourth-order valence-electron chi connectivity index (χ4n) is 3.93. The minimum atomic E-state index is -0.214. The van der Waals surface area contributed by atoms with Crippen molar-refractivity contribution in [3.8, 4) is 0 Å². The molecule has 1 N–H and O–H groups in total. The molecular formula is C18H26N6O2S. The molecule has 0 aliphatic carbocycles. The minimum Gasteiger partial charge on any atom is -0.354 e. The van der Waals surface area contributed by atoms with Crippen molar-refractivity contribution < 1.29 is 4.79 Å². The van der Waals surface area contributed by atoms with E-state index in [4.69, 9.17) is 0 Å². The highest BCUT2D eigenvalue weighted by Gasteiger charge is 2.33. The summed E-state index contributed by atoms with van der Waals surface area (Å²) in [5.74, 6) is 0.0599. The van der Waals surface area contributed by atoms with Crippen LogP contribution in [-0.4, -0.2) is 64.2 Å². The van der Waals surface area contributed by atoms with Gasteiger partial charge < -0.3 is 15.1 Å². The standard InChI is InChI=1S/C18H26N6O2S/c1-13-12-15(25)24-17(20-13)27-18(21-24)23-11-4-6-14(23)16(26)19-7-5-10-22-8-2-3-9-22/h12,14H,2-11H2,1H3,(H,19,26). The zero-order valence-corrected chi connectivity index (χ0v) is 16.5. The highest BCUT2D eigenvalue weighted by molar-refractivity contribution is 7.20. The van der Waals surface area contributed by atoms with Gasteiger partial charge in [0, 0.05) is 24.8 Å². The number of anilines is 1. The molecule has 0 saturated carbocycles. The zero-order chi connectivity index (χ0) is 18.8. The van der Waals surface area contributed by atoms with Gasteiger partial charge in [-0.15, -0.1) is 5.10 Å². The first-order valence-corrected chi connectivity index (χ1v) is 10.6. The molecule has 2 saturated heterocycles. The normalized spacial score (nSPS) is 20.6. The summed E-state index contributed by atoms with van der Waals surface area (Å²) in [6, 6.07) is 1.26. The maximum absolute atomic E-state index is 12.7. The summed E-state index contributed by atoms with van der Waals surface area (Å²) in [7, 11) is 0. The summed E-state index contributed by atoms with van der Waals surface area (Å²) in [4.78, 5) is 34.2. The summed E-state index contributed by atoms with van der Waals surface area (Å²) in [6.07, 6.45) is 5.34. The molecule has 27 heavy (non-hydrogen) atoms. The van der Waals surface area contributed by atoms with Gasteiger partial charge in [-0.05, 0) is 58.7 Å². The van der Waals surface area contributed by atoms with Gasteiger partial charge in [-0.3, -0.25) is 9.59 Å². The fourth-order valence-corrected chi connectivity index (χ4v) is 4.96. The van der Waals surface area contributed by atoms with Gasteiger partial charge in [0.2, 0.25) is 16.0 Å². The number of likely N-dealkylation sites (tertiary alicyclic amines) is 1. The van der Waals surface area contributed by atoms with E-state index in [-0.39, 0.29) is 17.5 Å². The van der Waals surface area contributed by atoms with Crippen LogP contribution in [0.2, 0.25) is 0 Å². The van der Waals surface area contributed by atoms with E-state index < -0.39 is 0 Å². The van der Waals surface area contributed by atoms with Crippen molar-refractivity contribution in [3.63, 3.8) is 0 Å². The van der Waals surface area contributed by atoms with Crippen LogP contribution >= 0.6 is 11.3 Å². The third-order valence-electron chi connectivity index (χ3n) is 5.31. The SMILES string of the molecule is Cc1cc(=O)n2nc(N3CCCC3C(=O)NCCCN3CCCC3)sc2n1. The number of nitrogens with zero attached hydrogens (tertiary/aromatic N) is 5. The Hall–Kier alpha value is -2.00. The van der Waals surface area contributed by atoms with Crippen LogP contribution in [0, 0.1) is 6.92 Å². The van der Waals surface area contributed by atoms with Crippen molar-refractivity contribution in [3.05, 3.63) is 22.1 Å².